The van der Waals surface area contributed by atoms with Crippen molar-refractivity contribution in [2.24, 2.45) is 5.92 Å². The number of rotatable bonds is 4. The van der Waals surface area contributed by atoms with Crippen molar-refractivity contribution >= 4 is 23.4 Å². The van der Waals surface area contributed by atoms with E-state index < -0.39 is 5.82 Å². The molecule has 2 aliphatic rings. The first kappa shape index (κ1) is 16.1. The number of amides is 2. The molecular formula is C16H18ClFN2O3. The monoisotopic (exact) mass is 340 g/mol. The number of benzene rings is 1. The van der Waals surface area contributed by atoms with Gasteiger partial charge in [-0.2, -0.15) is 0 Å². The fraction of sp³-hybridized carbons (Fsp3) is 0.500. The molecule has 0 bridgehead atoms. The molecule has 0 spiro atoms. The van der Waals surface area contributed by atoms with Gasteiger partial charge in [0.25, 0.3) is 5.91 Å². The van der Waals surface area contributed by atoms with Crippen molar-refractivity contribution in [3.8, 4) is 5.75 Å². The van der Waals surface area contributed by atoms with Gasteiger partial charge in [-0.15, -0.1) is 0 Å². The zero-order chi connectivity index (χ0) is 16.4. The minimum Gasteiger partial charge on any atom is -0.481 e. The second kappa shape index (κ2) is 6.74. The lowest BCUT2D eigenvalue weighted by Gasteiger charge is -2.34. The summed E-state index contributed by atoms with van der Waals surface area (Å²) in [5, 5.41) is -0.0397. The molecule has 0 aromatic heterocycles. The molecular weight excluding hydrogens is 323 g/mol. The molecule has 1 aromatic rings. The minimum atomic E-state index is -0.665. The van der Waals surface area contributed by atoms with E-state index in [1.807, 2.05) is 4.90 Å². The van der Waals surface area contributed by atoms with Crippen molar-refractivity contribution in [1.82, 2.24) is 9.80 Å². The third kappa shape index (κ3) is 3.75. The molecule has 3 rings (SSSR count). The Hall–Kier alpha value is -1.82. The highest BCUT2D eigenvalue weighted by atomic mass is 35.5. The van der Waals surface area contributed by atoms with Crippen molar-refractivity contribution in [1.29, 1.82) is 0 Å². The summed E-state index contributed by atoms with van der Waals surface area (Å²) in [6, 6.07) is 4.41. The van der Waals surface area contributed by atoms with Crippen LogP contribution < -0.4 is 4.74 Å². The van der Waals surface area contributed by atoms with Crippen molar-refractivity contribution in [3.63, 3.8) is 0 Å². The lowest BCUT2D eigenvalue weighted by atomic mass is 10.2. The molecule has 1 heterocycles. The third-order valence-electron chi connectivity index (χ3n) is 4.14. The molecule has 23 heavy (non-hydrogen) atoms. The molecule has 1 aliphatic carbocycles. The summed E-state index contributed by atoms with van der Waals surface area (Å²) in [6.07, 6.45) is 1.97. The smallest absolute Gasteiger partial charge is 0.260 e. The van der Waals surface area contributed by atoms with Gasteiger partial charge in [0.1, 0.15) is 0 Å². The van der Waals surface area contributed by atoms with E-state index in [9.17, 15) is 14.0 Å². The SMILES string of the molecule is O=C(COc1cccc(Cl)c1F)N1CCN(C(=O)C2CC2)CC1. The fourth-order valence-corrected chi connectivity index (χ4v) is 2.76. The third-order valence-corrected chi connectivity index (χ3v) is 4.43. The molecule has 2 amide bonds. The summed E-state index contributed by atoms with van der Waals surface area (Å²) in [4.78, 5) is 27.5. The molecule has 1 aliphatic heterocycles. The second-order valence-corrected chi connectivity index (χ2v) is 6.23. The summed E-state index contributed by atoms with van der Waals surface area (Å²) in [5.74, 6) is -0.515. The normalized spacial score (nSPS) is 18.0. The van der Waals surface area contributed by atoms with Gasteiger partial charge in [-0.05, 0) is 25.0 Å². The van der Waals surface area contributed by atoms with E-state index in [-0.39, 0.29) is 35.1 Å². The number of nitrogens with zero attached hydrogens (tertiary/aromatic N) is 2. The lowest BCUT2D eigenvalue weighted by Crippen LogP contribution is -2.52. The van der Waals surface area contributed by atoms with E-state index in [4.69, 9.17) is 16.3 Å². The van der Waals surface area contributed by atoms with E-state index >= 15 is 0 Å². The van der Waals surface area contributed by atoms with Crippen LogP contribution >= 0.6 is 11.6 Å². The number of halogens is 2. The summed E-state index contributed by atoms with van der Waals surface area (Å²) >= 11 is 5.67. The van der Waals surface area contributed by atoms with Crippen LogP contribution in [0.1, 0.15) is 12.8 Å². The van der Waals surface area contributed by atoms with Crippen LogP contribution in [0.2, 0.25) is 5.02 Å². The molecule has 0 atom stereocenters. The highest BCUT2D eigenvalue weighted by Gasteiger charge is 2.35. The second-order valence-electron chi connectivity index (χ2n) is 5.82. The van der Waals surface area contributed by atoms with E-state index in [0.29, 0.717) is 26.2 Å². The number of carbonyl (C=O) groups excluding carboxylic acids is 2. The van der Waals surface area contributed by atoms with Crippen LogP contribution in [0, 0.1) is 11.7 Å². The average molecular weight is 341 g/mol. The molecule has 2 fully saturated rings. The first-order valence-corrected chi connectivity index (χ1v) is 8.07. The standard InChI is InChI=1S/C16H18ClFN2O3/c17-12-2-1-3-13(15(12)18)23-10-14(21)19-6-8-20(9-7-19)16(22)11-4-5-11/h1-3,11H,4-10H2. The van der Waals surface area contributed by atoms with Gasteiger partial charge in [0.15, 0.2) is 18.2 Å². The zero-order valence-electron chi connectivity index (χ0n) is 12.6. The van der Waals surface area contributed by atoms with Crippen LogP contribution in [0.25, 0.3) is 0 Å². The van der Waals surface area contributed by atoms with Gasteiger partial charge in [0, 0.05) is 32.1 Å². The van der Waals surface area contributed by atoms with E-state index in [1.54, 1.807) is 11.0 Å². The number of carbonyl (C=O) groups is 2. The van der Waals surface area contributed by atoms with Crippen LogP contribution in [0.3, 0.4) is 0 Å². The van der Waals surface area contributed by atoms with Crippen molar-refractivity contribution in [2.45, 2.75) is 12.8 Å². The molecule has 0 radical (unpaired) electrons. The molecule has 0 unspecified atom stereocenters. The topological polar surface area (TPSA) is 49.9 Å². The van der Waals surface area contributed by atoms with Crippen molar-refractivity contribution < 1.29 is 18.7 Å². The van der Waals surface area contributed by atoms with Crippen molar-refractivity contribution in [2.75, 3.05) is 32.8 Å². The van der Waals surface area contributed by atoms with Crippen LogP contribution in [0.5, 0.6) is 5.75 Å². The highest BCUT2D eigenvalue weighted by Crippen LogP contribution is 2.31. The summed E-state index contributed by atoms with van der Waals surface area (Å²) < 4.78 is 18.9. The Kier molecular flexibility index (Phi) is 4.71. The Morgan fingerprint density at radius 3 is 2.48 bits per heavy atom. The van der Waals surface area contributed by atoms with Gasteiger partial charge >= 0.3 is 0 Å². The summed E-state index contributed by atoms with van der Waals surface area (Å²) in [5.41, 5.74) is 0. The van der Waals surface area contributed by atoms with Crippen molar-refractivity contribution in [3.05, 3.63) is 29.0 Å². The fourth-order valence-electron chi connectivity index (χ4n) is 2.59. The molecule has 1 saturated carbocycles. The summed E-state index contributed by atoms with van der Waals surface area (Å²) in [6.45, 7) is 1.82. The Morgan fingerprint density at radius 2 is 1.83 bits per heavy atom. The zero-order valence-corrected chi connectivity index (χ0v) is 13.4. The number of hydrogen-bond acceptors (Lipinski definition) is 3. The van der Waals surface area contributed by atoms with Gasteiger partial charge in [-0.1, -0.05) is 17.7 Å². The Bertz CT molecular complexity index is 613. The van der Waals surface area contributed by atoms with E-state index in [2.05, 4.69) is 0 Å². The van der Waals surface area contributed by atoms with E-state index in [1.165, 1.54) is 12.1 Å². The van der Waals surface area contributed by atoms with Crippen LogP contribution in [-0.2, 0) is 9.59 Å². The summed E-state index contributed by atoms with van der Waals surface area (Å²) in [7, 11) is 0. The van der Waals surface area contributed by atoms with Gasteiger partial charge in [-0.25, -0.2) is 4.39 Å². The Morgan fingerprint density at radius 1 is 1.17 bits per heavy atom. The maximum Gasteiger partial charge on any atom is 0.260 e. The van der Waals surface area contributed by atoms with Gasteiger partial charge in [0.05, 0.1) is 5.02 Å². The quantitative estimate of drug-likeness (QED) is 0.841. The minimum absolute atomic E-state index is 0.0339. The number of hydrogen-bond donors (Lipinski definition) is 0. The number of piperazine rings is 1. The highest BCUT2D eigenvalue weighted by molar-refractivity contribution is 6.30. The molecule has 0 N–H and O–H groups in total. The maximum absolute atomic E-state index is 13.7. The van der Waals surface area contributed by atoms with Crippen LogP contribution in [0.15, 0.2) is 18.2 Å². The molecule has 1 saturated heterocycles. The van der Waals surface area contributed by atoms with Crippen LogP contribution in [-0.4, -0.2) is 54.4 Å². The molecule has 124 valence electrons. The number of ether oxygens (including phenoxy) is 1. The maximum atomic E-state index is 13.7. The first-order chi connectivity index (χ1) is 11.1. The van der Waals surface area contributed by atoms with E-state index in [0.717, 1.165) is 12.8 Å². The largest absolute Gasteiger partial charge is 0.481 e. The van der Waals surface area contributed by atoms with Gasteiger partial charge in [-0.3, -0.25) is 9.59 Å². The molecule has 5 nitrogen and oxygen atoms in total. The average Bonchev–Trinajstić information content (AvgIpc) is 3.40. The molecule has 7 heteroatoms. The van der Waals surface area contributed by atoms with Gasteiger partial charge in [0.2, 0.25) is 5.91 Å². The van der Waals surface area contributed by atoms with Crippen LogP contribution in [0.4, 0.5) is 4.39 Å². The Labute approximate surface area is 138 Å². The lowest BCUT2D eigenvalue weighted by molar-refractivity contribution is -0.141. The predicted molar refractivity (Wildman–Crippen MR) is 82.8 cm³/mol. The molecule has 1 aromatic carbocycles. The first-order valence-electron chi connectivity index (χ1n) is 7.69. The Balaban J connectivity index is 1.48. The predicted octanol–water partition coefficient (Wildman–Crippen LogP) is 1.94. The van der Waals surface area contributed by atoms with Gasteiger partial charge < -0.3 is 14.5 Å².